The van der Waals surface area contributed by atoms with Crippen molar-refractivity contribution in [2.45, 2.75) is 13.5 Å². The quantitative estimate of drug-likeness (QED) is 0.573. The molecule has 17 heavy (non-hydrogen) atoms. The molecule has 0 radical (unpaired) electrons. The molecule has 0 aliphatic rings. The second-order valence-electron chi connectivity index (χ2n) is 3.44. The fourth-order valence-electron chi connectivity index (χ4n) is 1.39. The minimum absolute atomic E-state index is 0. The summed E-state index contributed by atoms with van der Waals surface area (Å²) in [6, 6.07) is 19.0. The number of hydrogen-bond acceptors (Lipinski definition) is 1. The summed E-state index contributed by atoms with van der Waals surface area (Å²) in [7, 11) is 0. The van der Waals surface area contributed by atoms with E-state index in [4.69, 9.17) is 4.74 Å². The van der Waals surface area contributed by atoms with Crippen LogP contribution in [0.1, 0.15) is 11.1 Å². The summed E-state index contributed by atoms with van der Waals surface area (Å²) in [5, 5.41) is 0. The predicted octanol–water partition coefficient (Wildman–Crippen LogP) is -0.00259. The zero-order valence-corrected chi connectivity index (χ0v) is 12.8. The van der Waals surface area contributed by atoms with Gasteiger partial charge in [0.25, 0.3) is 0 Å². The Morgan fingerprint density at radius 2 is 1.76 bits per heavy atom. The third-order valence-electron chi connectivity index (χ3n) is 2.25. The first-order valence-electron chi connectivity index (χ1n) is 5.00. The van der Waals surface area contributed by atoms with E-state index in [1.807, 2.05) is 55.5 Å². The van der Waals surface area contributed by atoms with Gasteiger partial charge in [-0.05, 0) is 18.6 Å². The minimum Gasteiger partial charge on any atom is -1.00 e. The zero-order valence-electron chi connectivity index (χ0n) is 9.82. The molecule has 2 aromatic rings. The normalized spacial score (nSPS) is 8.76. The molecule has 0 saturated carbocycles. The average molecular weight is 301 g/mol. The molecule has 0 bridgehead atoms. The fraction of sp³-hybridized carbons (Fsp3) is 0.143. The Labute approximate surface area is 129 Å². The Morgan fingerprint density at radius 1 is 1.06 bits per heavy atom. The molecule has 0 aliphatic carbocycles. The summed E-state index contributed by atoms with van der Waals surface area (Å²) < 4.78 is 5.69. The van der Waals surface area contributed by atoms with Crippen molar-refractivity contribution in [1.82, 2.24) is 0 Å². The molecule has 0 N–H and O–H groups in total. The van der Waals surface area contributed by atoms with Crippen molar-refractivity contribution >= 4 is 23.1 Å². The van der Waals surface area contributed by atoms with Crippen LogP contribution < -0.4 is 21.7 Å². The van der Waals surface area contributed by atoms with Crippen molar-refractivity contribution in [3.05, 3.63) is 65.7 Å². The van der Waals surface area contributed by atoms with E-state index >= 15 is 0 Å². The van der Waals surface area contributed by atoms with Crippen molar-refractivity contribution in [3.8, 4) is 5.75 Å². The molecule has 2 rings (SSSR count). The summed E-state index contributed by atoms with van der Waals surface area (Å²) in [6.45, 7) is 2.62. The number of aryl methyl sites for hydroxylation is 1. The maximum atomic E-state index is 5.69. The smallest absolute Gasteiger partial charge is 1.00 e. The summed E-state index contributed by atoms with van der Waals surface area (Å²) in [5.74, 6) is 0.940. The maximum Gasteiger partial charge on any atom is 2.00 e. The molecule has 0 fully saturated rings. The topological polar surface area (TPSA) is 9.23 Å². The van der Waals surface area contributed by atoms with E-state index < -0.39 is 0 Å². The van der Waals surface area contributed by atoms with E-state index in [2.05, 4.69) is 6.07 Å². The van der Waals surface area contributed by atoms with Crippen LogP contribution in [0.3, 0.4) is 0 Å². The molecule has 0 atom stereocenters. The van der Waals surface area contributed by atoms with Gasteiger partial charge in [0, 0.05) is 0 Å². The zero-order chi connectivity index (χ0) is 10.5. The van der Waals surface area contributed by atoms with Crippen LogP contribution in [0.25, 0.3) is 0 Å². The number of ether oxygens (including phenoxy) is 1. The van der Waals surface area contributed by atoms with E-state index in [1.165, 1.54) is 0 Å². The first-order chi connectivity index (χ1) is 7.36. The molecule has 0 amide bonds. The van der Waals surface area contributed by atoms with Crippen molar-refractivity contribution in [1.29, 1.82) is 0 Å². The third kappa shape index (κ3) is 5.11. The second-order valence-corrected chi connectivity index (χ2v) is 3.44. The molecule has 84 valence electrons. The van der Waals surface area contributed by atoms with Gasteiger partial charge in [0.1, 0.15) is 5.75 Å². The fourth-order valence-corrected chi connectivity index (χ4v) is 1.39. The molecule has 0 aliphatic heterocycles. The van der Waals surface area contributed by atoms with Crippen LogP contribution in [-0.2, 0) is 6.61 Å². The van der Waals surface area contributed by atoms with Crippen molar-refractivity contribution in [2.75, 3.05) is 0 Å². The molecule has 0 heterocycles. The standard InChI is InChI=1S/C14H13O.BrH.Mg/c1-12-7-5-6-10-14(12)15-11-13-8-3-2-4-9-13;;/h2-8,10H,11H2,1H3;1H;/q-1;;+2/p-1. The van der Waals surface area contributed by atoms with Crippen LogP contribution in [0, 0.1) is 13.0 Å². The molecular formula is C14H13BrMgO. The summed E-state index contributed by atoms with van der Waals surface area (Å²) in [6.07, 6.45) is 0. The van der Waals surface area contributed by atoms with Crippen LogP contribution in [0.5, 0.6) is 5.75 Å². The van der Waals surface area contributed by atoms with Gasteiger partial charge in [-0.15, -0.1) is 5.56 Å². The summed E-state index contributed by atoms with van der Waals surface area (Å²) >= 11 is 0. The first kappa shape index (κ1) is 16.5. The second kappa shape index (κ2) is 8.56. The van der Waals surface area contributed by atoms with Crippen LogP contribution in [0.4, 0.5) is 0 Å². The van der Waals surface area contributed by atoms with Crippen LogP contribution in [0.15, 0.2) is 48.5 Å². The van der Waals surface area contributed by atoms with Gasteiger partial charge in [-0.25, -0.2) is 0 Å². The Morgan fingerprint density at radius 3 is 2.41 bits per heavy atom. The first-order valence-corrected chi connectivity index (χ1v) is 5.00. The monoisotopic (exact) mass is 300 g/mol. The number of para-hydroxylation sites is 1. The number of rotatable bonds is 3. The van der Waals surface area contributed by atoms with E-state index in [-0.39, 0.29) is 40.0 Å². The van der Waals surface area contributed by atoms with Gasteiger partial charge in [0.05, 0.1) is 6.61 Å². The number of hydrogen-bond donors (Lipinski definition) is 0. The van der Waals surface area contributed by atoms with Gasteiger partial charge in [-0.3, -0.25) is 0 Å². The van der Waals surface area contributed by atoms with Gasteiger partial charge < -0.3 is 21.7 Å². The molecule has 0 aromatic heterocycles. The molecule has 0 spiro atoms. The predicted molar refractivity (Wildman–Crippen MR) is 66.5 cm³/mol. The number of halogens is 1. The Balaban J connectivity index is 0.00000128. The molecule has 2 aromatic carbocycles. The van der Waals surface area contributed by atoms with Crippen molar-refractivity contribution in [3.63, 3.8) is 0 Å². The van der Waals surface area contributed by atoms with Crippen LogP contribution >= 0.6 is 0 Å². The number of benzene rings is 2. The SMILES string of the molecule is Cc1ccccc1OCc1[c-]cccc1.[Br-].[Mg+2]. The van der Waals surface area contributed by atoms with Crippen molar-refractivity contribution < 1.29 is 21.7 Å². The van der Waals surface area contributed by atoms with E-state index in [9.17, 15) is 0 Å². The molecule has 0 saturated heterocycles. The summed E-state index contributed by atoms with van der Waals surface area (Å²) in [4.78, 5) is 0. The average Bonchev–Trinajstić information content (AvgIpc) is 2.29. The van der Waals surface area contributed by atoms with Gasteiger partial charge >= 0.3 is 23.1 Å². The molecular weight excluding hydrogens is 288 g/mol. The van der Waals surface area contributed by atoms with Gasteiger partial charge in [0.15, 0.2) is 0 Å². The van der Waals surface area contributed by atoms with Crippen molar-refractivity contribution in [2.24, 2.45) is 0 Å². The largest absolute Gasteiger partial charge is 2.00 e. The molecule has 0 unspecified atom stereocenters. The molecule has 3 heteroatoms. The van der Waals surface area contributed by atoms with Crippen LogP contribution in [0.2, 0.25) is 0 Å². The Bertz CT molecular complexity index is 431. The van der Waals surface area contributed by atoms with Crippen LogP contribution in [-0.4, -0.2) is 23.1 Å². The van der Waals surface area contributed by atoms with Gasteiger partial charge in [-0.2, -0.15) is 30.3 Å². The molecule has 1 nitrogen and oxygen atoms in total. The van der Waals surface area contributed by atoms with Gasteiger partial charge in [0.2, 0.25) is 0 Å². The van der Waals surface area contributed by atoms with E-state index in [0.29, 0.717) is 6.61 Å². The maximum absolute atomic E-state index is 5.69. The Hall–Kier alpha value is -0.514. The van der Waals surface area contributed by atoms with Gasteiger partial charge in [-0.1, -0.05) is 18.2 Å². The van der Waals surface area contributed by atoms with E-state index in [0.717, 1.165) is 16.9 Å². The minimum atomic E-state index is 0. The summed E-state index contributed by atoms with van der Waals surface area (Å²) in [5.41, 5.74) is 2.23. The van der Waals surface area contributed by atoms with E-state index in [1.54, 1.807) is 0 Å². The third-order valence-corrected chi connectivity index (χ3v) is 2.25. The Kier molecular flexibility index (Phi) is 8.30.